The highest BCUT2D eigenvalue weighted by Crippen LogP contribution is 2.51. The number of carboxylic acid groups (broad SMARTS) is 1. The van der Waals surface area contributed by atoms with Gasteiger partial charge in [-0.3, -0.25) is 4.79 Å². The smallest absolute Gasteiger partial charge is 0.307 e. The minimum absolute atomic E-state index is 0.110. The van der Waals surface area contributed by atoms with Gasteiger partial charge in [-0.2, -0.15) is 0 Å². The third-order valence-electron chi connectivity index (χ3n) is 4.03. The first-order chi connectivity index (χ1) is 12.5. The second kappa shape index (κ2) is 8.12. The Bertz CT molecular complexity index is 814. The van der Waals surface area contributed by atoms with Gasteiger partial charge >= 0.3 is 5.97 Å². The van der Waals surface area contributed by atoms with Crippen LogP contribution >= 0.6 is 23.2 Å². The summed E-state index contributed by atoms with van der Waals surface area (Å²) < 4.78 is 16.4. The van der Waals surface area contributed by atoms with Crippen molar-refractivity contribution in [1.82, 2.24) is 4.98 Å². The van der Waals surface area contributed by atoms with Gasteiger partial charge < -0.3 is 19.3 Å². The maximum atomic E-state index is 11.2. The van der Waals surface area contributed by atoms with Gasteiger partial charge in [0.2, 0.25) is 5.88 Å². The van der Waals surface area contributed by atoms with Crippen molar-refractivity contribution in [2.75, 3.05) is 20.3 Å². The predicted molar refractivity (Wildman–Crippen MR) is 96.6 cm³/mol. The number of aromatic nitrogens is 1. The van der Waals surface area contributed by atoms with E-state index in [2.05, 4.69) is 4.98 Å². The largest absolute Gasteiger partial charge is 0.491 e. The topological polar surface area (TPSA) is 77.9 Å². The number of pyridine rings is 1. The van der Waals surface area contributed by atoms with Crippen molar-refractivity contribution in [2.24, 2.45) is 5.92 Å². The summed E-state index contributed by atoms with van der Waals surface area (Å²) in [5.74, 6) is -0.0976. The first-order valence-electron chi connectivity index (χ1n) is 7.97. The van der Waals surface area contributed by atoms with E-state index in [4.69, 9.17) is 37.4 Å². The van der Waals surface area contributed by atoms with Crippen LogP contribution in [0, 0.1) is 5.92 Å². The Morgan fingerprint density at radius 3 is 2.77 bits per heavy atom. The molecule has 3 rings (SSSR count). The first-order valence-corrected chi connectivity index (χ1v) is 8.72. The molecule has 0 saturated heterocycles. The molecule has 1 N–H and O–H groups in total. The van der Waals surface area contributed by atoms with E-state index in [-0.39, 0.29) is 16.8 Å². The molecule has 1 aliphatic rings. The maximum Gasteiger partial charge on any atom is 0.307 e. The molecule has 0 amide bonds. The highest BCUT2D eigenvalue weighted by molar-refractivity contribution is 6.35. The van der Waals surface area contributed by atoms with Gasteiger partial charge in [0.25, 0.3) is 0 Å². The van der Waals surface area contributed by atoms with Gasteiger partial charge in [0.1, 0.15) is 23.1 Å². The van der Waals surface area contributed by atoms with Crippen molar-refractivity contribution < 1.29 is 24.1 Å². The molecule has 1 heterocycles. The summed E-state index contributed by atoms with van der Waals surface area (Å²) >= 11 is 12.0. The number of nitrogens with zero attached hydrogens (tertiary/aromatic N) is 1. The number of aliphatic carboxylic acids is 1. The molecule has 2 aromatic rings. The Balaban J connectivity index is 1.88. The van der Waals surface area contributed by atoms with Crippen LogP contribution in [-0.4, -0.2) is 36.4 Å². The summed E-state index contributed by atoms with van der Waals surface area (Å²) in [4.78, 5) is 15.3. The maximum absolute atomic E-state index is 11.2. The molecule has 8 heteroatoms. The fraction of sp³-hybridized carbons (Fsp3) is 0.333. The molecule has 0 bridgehead atoms. The van der Waals surface area contributed by atoms with Crippen molar-refractivity contribution in [3.8, 4) is 17.4 Å². The van der Waals surface area contributed by atoms with Gasteiger partial charge in [0.15, 0.2) is 0 Å². The van der Waals surface area contributed by atoms with Crippen LogP contribution in [0.1, 0.15) is 17.9 Å². The molecule has 1 aromatic heterocycles. The molecule has 0 aliphatic heterocycles. The minimum Gasteiger partial charge on any atom is -0.491 e. The van der Waals surface area contributed by atoms with E-state index in [9.17, 15) is 9.90 Å². The van der Waals surface area contributed by atoms with Crippen molar-refractivity contribution in [2.45, 2.75) is 12.3 Å². The molecule has 138 valence electrons. The normalized spacial score (nSPS) is 18.4. The lowest BCUT2D eigenvalue weighted by molar-refractivity contribution is -0.138. The molecule has 1 fully saturated rings. The second-order valence-electron chi connectivity index (χ2n) is 5.87. The van der Waals surface area contributed by atoms with Crippen LogP contribution in [0.25, 0.3) is 0 Å². The van der Waals surface area contributed by atoms with Crippen LogP contribution in [0.3, 0.4) is 0 Å². The standard InChI is InChI=1S/C18H17Cl2NO5/c1-24-4-5-25-11-2-3-12(13-8-14(13)18(22)23)16(7-11)26-17-15(20)6-10(19)9-21-17/h2-3,6-7,9,13-14H,4-5,8H2,1H3,(H,22,23)/t13-,14+/m0/s1. The Hall–Kier alpha value is -2.02. The summed E-state index contributed by atoms with van der Waals surface area (Å²) in [5, 5.41) is 9.87. The lowest BCUT2D eigenvalue weighted by Gasteiger charge is -2.14. The minimum atomic E-state index is -0.816. The number of ether oxygens (including phenoxy) is 3. The number of rotatable bonds is 8. The summed E-state index contributed by atoms with van der Waals surface area (Å²) in [5.41, 5.74) is 0.782. The number of hydrogen-bond donors (Lipinski definition) is 1. The van der Waals surface area contributed by atoms with Crippen LogP contribution in [0.5, 0.6) is 17.4 Å². The van der Waals surface area contributed by atoms with Gasteiger partial charge in [0, 0.05) is 25.3 Å². The van der Waals surface area contributed by atoms with Crippen molar-refractivity contribution >= 4 is 29.2 Å². The predicted octanol–water partition coefficient (Wildman–Crippen LogP) is 4.39. The molecule has 6 nitrogen and oxygen atoms in total. The molecule has 26 heavy (non-hydrogen) atoms. The molecule has 0 radical (unpaired) electrons. The summed E-state index contributed by atoms with van der Waals surface area (Å²) in [6.45, 7) is 0.836. The van der Waals surface area contributed by atoms with Gasteiger partial charge in [-0.15, -0.1) is 0 Å². The SMILES string of the molecule is COCCOc1ccc([C@@H]2C[C@H]2C(=O)O)c(Oc2ncc(Cl)cc2Cl)c1. The van der Waals surface area contributed by atoms with Crippen LogP contribution in [0.2, 0.25) is 10.0 Å². The molecular weight excluding hydrogens is 381 g/mol. The van der Waals surface area contributed by atoms with Gasteiger partial charge in [0.05, 0.1) is 17.5 Å². The third kappa shape index (κ3) is 4.38. The van der Waals surface area contributed by atoms with E-state index >= 15 is 0 Å². The average molecular weight is 398 g/mol. The highest BCUT2D eigenvalue weighted by atomic mass is 35.5. The zero-order valence-corrected chi connectivity index (χ0v) is 15.5. The van der Waals surface area contributed by atoms with Crippen molar-refractivity contribution in [3.63, 3.8) is 0 Å². The number of halogens is 2. The van der Waals surface area contributed by atoms with E-state index in [0.717, 1.165) is 5.56 Å². The summed E-state index contributed by atoms with van der Waals surface area (Å²) in [6, 6.07) is 6.83. The van der Waals surface area contributed by atoms with Crippen molar-refractivity contribution in [1.29, 1.82) is 0 Å². The van der Waals surface area contributed by atoms with Crippen molar-refractivity contribution in [3.05, 3.63) is 46.1 Å². The number of hydrogen-bond acceptors (Lipinski definition) is 5. The zero-order chi connectivity index (χ0) is 18.7. The molecule has 0 unspecified atom stereocenters. The summed E-state index contributed by atoms with van der Waals surface area (Å²) in [6.07, 6.45) is 2.00. The Labute approximate surface area is 160 Å². The Morgan fingerprint density at radius 1 is 1.31 bits per heavy atom. The fourth-order valence-electron chi connectivity index (χ4n) is 2.63. The summed E-state index contributed by atoms with van der Waals surface area (Å²) in [7, 11) is 1.59. The molecule has 2 atom stereocenters. The monoisotopic (exact) mass is 397 g/mol. The van der Waals surface area contributed by atoms with E-state index in [1.165, 1.54) is 12.3 Å². The third-order valence-corrected chi connectivity index (χ3v) is 4.51. The fourth-order valence-corrected chi connectivity index (χ4v) is 3.05. The van der Waals surface area contributed by atoms with Crippen LogP contribution in [0.15, 0.2) is 30.5 Å². The molecule has 1 aromatic carbocycles. The number of carboxylic acids is 1. The van der Waals surface area contributed by atoms with Crippen LogP contribution in [-0.2, 0) is 9.53 Å². The first kappa shape index (κ1) is 18.8. The highest BCUT2D eigenvalue weighted by Gasteiger charge is 2.45. The van der Waals surface area contributed by atoms with Gasteiger partial charge in [-0.25, -0.2) is 4.98 Å². The molecule has 1 aliphatic carbocycles. The van der Waals surface area contributed by atoms with Gasteiger partial charge in [-0.05, 0) is 24.1 Å². The van der Waals surface area contributed by atoms with Gasteiger partial charge in [-0.1, -0.05) is 29.3 Å². The molecular formula is C18H17Cl2NO5. The zero-order valence-electron chi connectivity index (χ0n) is 13.9. The average Bonchev–Trinajstić information content (AvgIpc) is 3.39. The van der Waals surface area contributed by atoms with E-state index in [1.54, 1.807) is 19.2 Å². The molecule has 0 spiro atoms. The quantitative estimate of drug-likeness (QED) is 0.665. The number of benzene rings is 1. The number of methoxy groups -OCH3 is 1. The van der Waals surface area contributed by atoms with E-state index in [0.29, 0.717) is 36.2 Å². The van der Waals surface area contributed by atoms with E-state index < -0.39 is 11.9 Å². The lowest BCUT2D eigenvalue weighted by Crippen LogP contribution is -2.05. The lowest BCUT2D eigenvalue weighted by atomic mass is 10.1. The number of carbonyl (C=O) groups is 1. The Kier molecular flexibility index (Phi) is 5.86. The van der Waals surface area contributed by atoms with E-state index in [1.807, 2.05) is 6.07 Å². The molecule has 1 saturated carbocycles. The Morgan fingerprint density at radius 2 is 2.12 bits per heavy atom. The van der Waals surface area contributed by atoms with Crippen LogP contribution < -0.4 is 9.47 Å². The van der Waals surface area contributed by atoms with Crippen LogP contribution in [0.4, 0.5) is 0 Å². The second-order valence-corrected chi connectivity index (χ2v) is 6.71.